The highest BCUT2D eigenvalue weighted by atomic mass is 16.4. The third-order valence-electron chi connectivity index (χ3n) is 7.28. The molecule has 168 valence electrons. The molecule has 0 bridgehead atoms. The van der Waals surface area contributed by atoms with Crippen molar-refractivity contribution in [3.8, 4) is 22.3 Å². The van der Waals surface area contributed by atoms with Crippen molar-refractivity contribution in [1.29, 1.82) is 0 Å². The molecule has 6 aromatic carbocycles. The van der Waals surface area contributed by atoms with Crippen LogP contribution < -0.4 is 0 Å². The summed E-state index contributed by atoms with van der Waals surface area (Å²) in [6.07, 6.45) is 0. The maximum atomic E-state index is 6.61. The van der Waals surface area contributed by atoms with E-state index in [2.05, 4.69) is 103 Å². The van der Waals surface area contributed by atoms with Gasteiger partial charge in [0, 0.05) is 11.1 Å². The lowest BCUT2D eigenvalue weighted by Crippen LogP contribution is -1.90. The van der Waals surface area contributed by atoms with Crippen LogP contribution in [0.2, 0.25) is 0 Å². The molecule has 0 amide bonds. The average molecular weight is 461 g/mol. The minimum Gasteiger partial charge on any atom is -0.452 e. The first-order valence-electron chi connectivity index (χ1n) is 12.2. The highest BCUT2D eigenvalue weighted by Gasteiger charge is 2.22. The van der Waals surface area contributed by atoms with Gasteiger partial charge in [-0.25, -0.2) is 0 Å². The number of furan rings is 2. The van der Waals surface area contributed by atoms with Crippen molar-refractivity contribution in [3.63, 3.8) is 0 Å². The van der Waals surface area contributed by atoms with Crippen molar-refractivity contribution < 1.29 is 8.83 Å². The Morgan fingerprint density at radius 1 is 0.333 bits per heavy atom. The van der Waals surface area contributed by atoms with Gasteiger partial charge in [-0.1, -0.05) is 103 Å². The van der Waals surface area contributed by atoms with Crippen molar-refractivity contribution in [3.05, 3.63) is 121 Å². The summed E-state index contributed by atoms with van der Waals surface area (Å²) in [6, 6.07) is 42.5. The second-order valence-corrected chi connectivity index (χ2v) is 9.25. The van der Waals surface area contributed by atoms with E-state index in [4.69, 9.17) is 8.83 Å². The monoisotopic (exact) mass is 460 g/mol. The minimum atomic E-state index is 0.808. The molecule has 0 N–H and O–H groups in total. The van der Waals surface area contributed by atoms with Gasteiger partial charge in [0.25, 0.3) is 0 Å². The molecule has 2 nitrogen and oxygen atoms in total. The molecule has 0 fully saturated rings. The van der Waals surface area contributed by atoms with E-state index in [0.717, 1.165) is 38.7 Å². The number of para-hydroxylation sites is 2. The SMILES string of the molecule is c1ccc(-c2c3ccccc3c(-c3cccc4c3oc3c5ccccc5oc43)c3ccccc23)cc1. The van der Waals surface area contributed by atoms with Crippen LogP contribution >= 0.6 is 0 Å². The Morgan fingerprint density at radius 2 is 0.861 bits per heavy atom. The first kappa shape index (κ1) is 19.5. The van der Waals surface area contributed by atoms with E-state index in [-0.39, 0.29) is 0 Å². The van der Waals surface area contributed by atoms with Gasteiger partial charge in [0.2, 0.25) is 0 Å². The fourth-order valence-electron chi connectivity index (χ4n) is 5.76. The maximum Gasteiger partial charge on any atom is 0.181 e. The zero-order valence-corrected chi connectivity index (χ0v) is 19.4. The van der Waals surface area contributed by atoms with Crippen LogP contribution in [-0.2, 0) is 0 Å². The van der Waals surface area contributed by atoms with Crippen LogP contribution in [0.15, 0.2) is 130 Å². The van der Waals surface area contributed by atoms with Gasteiger partial charge in [0.05, 0.1) is 10.8 Å². The van der Waals surface area contributed by atoms with E-state index in [1.54, 1.807) is 0 Å². The molecule has 0 atom stereocenters. The fraction of sp³-hybridized carbons (Fsp3) is 0. The minimum absolute atomic E-state index is 0.808. The van der Waals surface area contributed by atoms with Crippen molar-refractivity contribution >= 4 is 54.6 Å². The molecule has 0 aliphatic rings. The first-order chi connectivity index (χ1) is 17.9. The molecule has 0 unspecified atom stereocenters. The van der Waals surface area contributed by atoms with Crippen molar-refractivity contribution in [2.24, 2.45) is 0 Å². The molecule has 36 heavy (non-hydrogen) atoms. The van der Waals surface area contributed by atoms with E-state index in [0.29, 0.717) is 0 Å². The number of fused-ring (bicyclic) bond motifs is 7. The number of hydrogen-bond acceptors (Lipinski definition) is 2. The summed E-state index contributed by atoms with van der Waals surface area (Å²) in [5, 5.41) is 6.88. The van der Waals surface area contributed by atoms with E-state index < -0.39 is 0 Å². The molecule has 0 aliphatic carbocycles. The van der Waals surface area contributed by atoms with E-state index in [1.165, 1.54) is 38.2 Å². The normalized spacial score (nSPS) is 11.9. The second-order valence-electron chi connectivity index (χ2n) is 9.25. The van der Waals surface area contributed by atoms with Gasteiger partial charge in [-0.2, -0.15) is 0 Å². The lowest BCUT2D eigenvalue weighted by molar-refractivity contribution is 0.653. The molecular weight excluding hydrogens is 440 g/mol. The number of benzene rings is 6. The Labute approximate surface area is 207 Å². The van der Waals surface area contributed by atoms with Crippen molar-refractivity contribution in [2.45, 2.75) is 0 Å². The zero-order chi connectivity index (χ0) is 23.6. The number of hydrogen-bond donors (Lipinski definition) is 0. The van der Waals surface area contributed by atoms with Gasteiger partial charge in [0.15, 0.2) is 11.2 Å². The standard InChI is InChI=1S/C34H20O2/c1-2-11-21(12-3-1)30-22-13-4-6-15-24(22)31(25-16-7-5-14-23(25)30)27-18-10-19-28-32(27)36-33-26-17-8-9-20-29(26)35-34(28)33/h1-20H. The molecule has 2 aromatic heterocycles. The molecule has 8 aromatic rings. The van der Waals surface area contributed by atoms with Crippen LogP contribution in [0.5, 0.6) is 0 Å². The molecular formula is C34H20O2. The molecule has 0 saturated heterocycles. The zero-order valence-electron chi connectivity index (χ0n) is 19.4. The molecule has 0 spiro atoms. The Kier molecular flexibility index (Phi) is 3.97. The van der Waals surface area contributed by atoms with E-state index in [9.17, 15) is 0 Å². The summed E-state index contributed by atoms with van der Waals surface area (Å²) in [5.74, 6) is 0. The van der Waals surface area contributed by atoms with Crippen LogP contribution in [0.3, 0.4) is 0 Å². The Hall–Kier alpha value is -4.82. The van der Waals surface area contributed by atoms with Crippen LogP contribution in [0.1, 0.15) is 0 Å². The fourth-order valence-corrected chi connectivity index (χ4v) is 5.76. The van der Waals surface area contributed by atoms with Crippen LogP contribution in [0.25, 0.3) is 76.9 Å². The number of rotatable bonds is 2. The molecule has 0 saturated carbocycles. The van der Waals surface area contributed by atoms with Gasteiger partial charge in [-0.05, 0) is 50.9 Å². The molecule has 2 heterocycles. The van der Waals surface area contributed by atoms with Crippen molar-refractivity contribution in [1.82, 2.24) is 0 Å². The highest BCUT2D eigenvalue weighted by molar-refractivity contribution is 6.24. The quantitative estimate of drug-likeness (QED) is 0.240. The summed E-state index contributed by atoms with van der Waals surface area (Å²) in [4.78, 5) is 0. The third-order valence-corrected chi connectivity index (χ3v) is 7.28. The van der Waals surface area contributed by atoms with Crippen LogP contribution in [0, 0.1) is 0 Å². The predicted octanol–water partition coefficient (Wildman–Crippen LogP) is 9.97. The summed E-state index contributed by atoms with van der Waals surface area (Å²) >= 11 is 0. The van der Waals surface area contributed by atoms with Crippen LogP contribution in [0.4, 0.5) is 0 Å². The largest absolute Gasteiger partial charge is 0.452 e. The summed E-state index contributed by atoms with van der Waals surface area (Å²) in [6.45, 7) is 0. The lowest BCUT2D eigenvalue weighted by Gasteiger charge is -2.17. The van der Waals surface area contributed by atoms with Gasteiger partial charge >= 0.3 is 0 Å². The average Bonchev–Trinajstić information content (AvgIpc) is 3.49. The second kappa shape index (κ2) is 7.34. The first-order valence-corrected chi connectivity index (χ1v) is 12.2. The third kappa shape index (κ3) is 2.61. The summed E-state index contributed by atoms with van der Waals surface area (Å²) in [7, 11) is 0. The van der Waals surface area contributed by atoms with Gasteiger partial charge in [0.1, 0.15) is 11.2 Å². The topological polar surface area (TPSA) is 26.3 Å². The molecule has 0 aliphatic heterocycles. The van der Waals surface area contributed by atoms with Gasteiger partial charge < -0.3 is 8.83 Å². The van der Waals surface area contributed by atoms with Crippen LogP contribution in [-0.4, -0.2) is 0 Å². The van der Waals surface area contributed by atoms with E-state index in [1.807, 2.05) is 18.2 Å². The van der Waals surface area contributed by atoms with Crippen molar-refractivity contribution in [2.75, 3.05) is 0 Å². The predicted molar refractivity (Wildman–Crippen MR) is 149 cm³/mol. The summed E-state index contributed by atoms with van der Waals surface area (Å²) < 4.78 is 12.9. The van der Waals surface area contributed by atoms with E-state index >= 15 is 0 Å². The Balaban J connectivity index is 1.55. The molecule has 0 radical (unpaired) electrons. The molecule has 2 heteroatoms. The maximum absolute atomic E-state index is 6.61. The lowest BCUT2D eigenvalue weighted by atomic mass is 9.86. The van der Waals surface area contributed by atoms with Gasteiger partial charge in [-0.15, -0.1) is 0 Å². The molecule has 8 rings (SSSR count). The Morgan fingerprint density at radius 3 is 1.56 bits per heavy atom. The summed E-state index contributed by atoms with van der Waals surface area (Å²) in [5.41, 5.74) is 8.07. The smallest absolute Gasteiger partial charge is 0.181 e. The van der Waals surface area contributed by atoms with Gasteiger partial charge in [-0.3, -0.25) is 0 Å². The highest BCUT2D eigenvalue weighted by Crippen LogP contribution is 2.47. The Bertz CT molecular complexity index is 2030.